The van der Waals surface area contributed by atoms with Crippen molar-refractivity contribution in [2.24, 2.45) is 11.8 Å². The molecule has 3 rings (SSSR count). The summed E-state index contributed by atoms with van der Waals surface area (Å²) in [7, 11) is 0. The van der Waals surface area contributed by atoms with Crippen molar-refractivity contribution in [3.63, 3.8) is 0 Å². The number of carbonyl (C=O) groups is 1. The van der Waals surface area contributed by atoms with Crippen molar-refractivity contribution >= 4 is 17.6 Å². The number of allylic oxidation sites excluding steroid dienone is 2. The van der Waals surface area contributed by atoms with Crippen LogP contribution < -0.4 is 4.74 Å². The van der Waals surface area contributed by atoms with E-state index >= 15 is 0 Å². The fraction of sp³-hybridized carbons (Fsp3) is 0.483. The van der Waals surface area contributed by atoms with Gasteiger partial charge in [-0.15, -0.1) is 11.6 Å². The molecule has 0 radical (unpaired) electrons. The Morgan fingerprint density at radius 1 is 1.14 bits per heavy atom. The summed E-state index contributed by atoms with van der Waals surface area (Å²) >= 11 is 6.57. The Morgan fingerprint density at radius 2 is 1.94 bits per heavy atom. The van der Waals surface area contributed by atoms with Crippen molar-refractivity contribution in [3.05, 3.63) is 77.9 Å². The van der Waals surface area contributed by atoms with Crippen LogP contribution in [0.4, 0.5) is 0 Å². The summed E-state index contributed by atoms with van der Waals surface area (Å²) in [5.74, 6) is 0.557. The Bertz CT molecular complexity index is 932. The van der Waals surface area contributed by atoms with E-state index in [0.717, 1.165) is 30.4 Å². The van der Waals surface area contributed by atoms with Crippen LogP contribution in [0.3, 0.4) is 0 Å². The normalized spacial score (nSPS) is 22.9. The van der Waals surface area contributed by atoms with Gasteiger partial charge in [-0.3, -0.25) is 4.79 Å². The molecule has 0 aromatic heterocycles. The van der Waals surface area contributed by atoms with E-state index in [4.69, 9.17) is 21.1 Å². The average Bonchev–Trinajstić information content (AvgIpc) is 3.12. The molecule has 1 aliphatic rings. The molecule has 2 N–H and O–H groups in total. The van der Waals surface area contributed by atoms with Crippen LogP contribution in [0, 0.1) is 11.8 Å². The number of unbranched alkanes of at least 4 members (excludes halogenated alkanes) is 1. The summed E-state index contributed by atoms with van der Waals surface area (Å²) in [5, 5.41) is 21.1. The lowest BCUT2D eigenvalue weighted by molar-refractivity contribution is -0.143. The number of hydrogen-bond acceptors (Lipinski definition) is 5. The van der Waals surface area contributed by atoms with Crippen molar-refractivity contribution in [2.45, 2.75) is 63.0 Å². The van der Waals surface area contributed by atoms with E-state index in [1.165, 1.54) is 0 Å². The van der Waals surface area contributed by atoms with Gasteiger partial charge in [-0.25, -0.2) is 0 Å². The van der Waals surface area contributed by atoms with E-state index in [2.05, 4.69) is 12.2 Å². The first-order chi connectivity index (χ1) is 17.0. The number of aliphatic hydroxyl groups is 2. The first-order valence-corrected chi connectivity index (χ1v) is 13.0. The summed E-state index contributed by atoms with van der Waals surface area (Å²) in [6.45, 7) is 2.59. The van der Waals surface area contributed by atoms with Crippen LogP contribution in [0.5, 0.6) is 5.75 Å². The fourth-order valence-electron chi connectivity index (χ4n) is 4.62. The molecule has 2 aromatic carbocycles. The Hall–Kier alpha value is -2.34. The molecule has 0 spiro atoms. The van der Waals surface area contributed by atoms with Crippen molar-refractivity contribution < 1.29 is 24.5 Å². The third-order valence-corrected chi connectivity index (χ3v) is 7.07. The number of rotatable bonds is 13. The zero-order valence-corrected chi connectivity index (χ0v) is 21.1. The molecule has 0 saturated heterocycles. The summed E-state index contributed by atoms with van der Waals surface area (Å²) in [4.78, 5) is 11.4. The van der Waals surface area contributed by atoms with Crippen molar-refractivity contribution in [1.29, 1.82) is 0 Å². The largest absolute Gasteiger partial charge is 0.493 e. The molecule has 0 bridgehead atoms. The number of alkyl halides is 1. The van der Waals surface area contributed by atoms with Gasteiger partial charge < -0.3 is 19.7 Å². The number of benzene rings is 2. The summed E-state index contributed by atoms with van der Waals surface area (Å²) in [6, 6.07) is 17.4. The zero-order valence-electron chi connectivity index (χ0n) is 20.4. The number of aliphatic hydroxyl groups excluding tert-OH is 2. The molecule has 0 amide bonds. The highest BCUT2D eigenvalue weighted by molar-refractivity contribution is 6.21. The van der Waals surface area contributed by atoms with E-state index in [-0.39, 0.29) is 23.2 Å². The molecule has 6 heteroatoms. The molecule has 5 atom stereocenters. The standard InChI is InChI=1S/C29H37ClO5/c1-2-34-29(33)16-9-4-3-8-15-24-25(28(32)19-26(24)30)20-35-23-14-10-13-22(18-23)27(31)17-21-11-6-5-7-12-21/h3,5-8,10-14,18,24-28,31-32H,2,4,9,15-17,19-20H2,1H3/b8-3-/t24-,25-,26-,27?,28-/m1/s1. The lowest BCUT2D eigenvalue weighted by atomic mass is 9.92. The average molecular weight is 501 g/mol. The van der Waals surface area contributed by atoms with Crippen molar-refractivity contribution in [3.8, 4) is 5.75 Å². The minimum absolute atomic E-state index is 0.0698. The second kappa shape index (κ2) is 14.3. The third-order valence-electron chi connectivity index (χ3n) is 6.56. The van der Waals surface area contributed by atoms with Crippen LogP contribution in [-0.4, -0.2) is 40.9 Å². The zero-order chi connectivity index (χ0) is 25.0. The SMILES string of the molecule is CCOC(=O)CCC/C=C\C[C@@H]1[C@@H](COc2cccc(C(O)Cc3ccccc3)c2)[C@H](O)C[C@H]1Cl. The number of esters is 1. The van der Waals surface area contributed by atoms with Gasteiger partial charge in [0.05, 0.1) is 25.4 Å². The van der Waals surface area contributed by atoms with E-state index in [9.17, 15) is 15.0 Å². The molecule has 2 aromatic rings. The number of ether oxygens (including phenoxy) is 2. The number of carbonyl (C=O) groups excluding carboxylic acids is 1. The molecule has 1 unspecified atom stereocenters. The van der Waals surface area contributed by atoms with Gasteiger partial charge in [0.1, 0.15) is 5.75 Å². The van der Waals surface area contributed by atoms with Gasteiger partial charge in [-0.05, 0) is 61.8 Å². The molecule has 0 heterocycles. The Labute approximate surface area is 213 Å². The van der Waals surface area contributed by atoms with E-state index < -0.39 is 12.2 Å². The van der Waals surface area contributed by atoms with Gasteiger partial charge in [-0.1, -0.05) is 54.6 Å². The van der Waals surface area contributed by atoms with Crippen LogP contribution in [0.25, 0.3) is 0 Å². The highest BCUT2D eigenvalue weighted by Crippen LogP contribution is 2.39. The van der Waals surface area contributed by atoms with Gasteiger partial charge in [0.25, 0.3) is 0 Å². The van der Waals surface area contributed by atoms with Gasteiger partial charge in [0.2, 0.25) is 0 Å². The van der Waals surface area contributed by atoms with Crippen LogP contribution >= 0.6 is 11.6 Å². The van der Waals surface area contributed by atoms with Gasteiger partial charge in [0, 0.05) is 24.1 Å². The Balaban J connectivity index is 1.50. The van der Waals surface area contributed by atoms with Crippen LogP contribution in [0.15, 0.2) is 66.7 Å². The van der Waals surface area contributed by atoms with Crippen LogP contribution in [-0.2, 0) is 16.0 Å². The molecule has 1 aliphatic carbocycles. The van der Waals surface area contributed by atoms with Crippen LogP contribution in [0.1, 0.15) is 56.3 Å². The van der Waals surface area contributed by atoms with Gasteiger partial charge in [0.15, 0.2) is 0 Å². The molecule has 35 heavy (non-hydrogen) atoms. The predicted molar refractivity (Wildman–Crippen MR) is 139 cm³/mol. The maximum Gasteiger partial charge on any atom is 0.305 e. The number of hydrogen-bond donors (Lipinski definition) is 2. The van der Waals surface area contributed by atoms with Gasteiger partial charge in [-0.2, -0.15) is 0 Å². The lowest BCUT2D eigenvalue weighted by Gasteiger charge is -2.23. The van der Waals surface area contributed by atoms with E-state index in [0.29, 0.717) is 38.2 Å². The summed E-state index contributed by atoms with van der Waals surface area (Å²) in [5.41, 5.74) is 1.88. The van der Waals surface area contributed by atoms with Gasteiger partial charge >= 0.3 is 5.97 Å². The second-order valence-corrected chi connectivity index (χ2v) is 9.70. The quantitative estimate of drug-likeness (QED) is 0.161. The molecular weight excluding hydrogens is 464 g/mol. The third kappa shape index (κ3) is 8.68. The smallest absolute Gasteiger partial charge is 0.305 e. The highest BCUT2D eigenvalue weighted by atomic mass is 35.5. The van der Waals surface area contributed by atoms with Crippen molar-refractivity contribution in [1.82, 2.24) is 0 Å². The number of halogens is 1. The Kier molecular flexibility index (Phi) is 11.1. The molecule has 190 valence electrons. The first-order valence-electron chi connectivity index (χ1n) is 12.6. The van der Waals surface area contributed by atoms with E-state index in [1.54, 1.807) is 0 Å². The molecule has 1 fully saturated rings. The minimum atomic E-state index is -0.619. The summed E-state index contributed by atoms with van der Waals surface area (Å²) < 4.78 is 11.0. The maximum atomic E-state index is 11.4. The molecule has 5 nitrogen and oxygen atoms in total. The van der Waals surface area contributed by atoms with Crippen molar-refractivity contribution in [2.75, 3.05) is 13.2 Å². The Morgan fingerprint density at radius 3 is 2.71 bits per heavy atom. The summed E-state index contributed by atoms with van der Waals surface area (Å²) in [6.07, 6.45) is 6.87. The molecule has 0 aliphatic heterocycles. The topological polar surface area (TPSA) is 76.0 Å². The predicted octanol–water partition coefficient (Wildman–Crippen LogP) is 5.63. The maximum absolute atomic E-state index is 11.4. The highest BCUT2D eigenvalue weighted by Gasteiger charge is 2.41. The fourth-order valence-corrected chi connectivity index (χ4v) is 5.09. The second-order valence-electron chi connectivity index (χ2n) is 9.14. The van der Waals surface area contributed by atoms with E-state index in [1.807, 2.05) is 61.5 Å². The lowest BCUT2D eigenvalue weighted by Crippen LogP contribution is -2.27. The van der Waals surface area contributed by atoms with Crippen LogP contribution in [0.2, 0.25) is 0 Å². The first kappa shape index (κ1) is 27.3. The minimum Gasteiger partial charge on any atom is -0.493 e. The molecule has 1 saturated carbocycles. The monoisotopic (exact) mass is 500 g/mol. The molecular formula is C29H37ClO5.